The molecular weight excluding hydrogens is 396 g/mol. The Morgan fingerprint density at radius 1 is 1.15 bits per heavy atom. The van der Waals surface area contributed by atoms with E-state index in [1.807, 2.05) is 39.0 Å². The molecule has 0 aromatic heterocycles. The predicted octanol–water partition coefficient (Wildman–Crippen LogP) is 4.01. The zero-order valence-corrected chi connectivity index (χ0v) is 16.4. The van der Waals surface area contributed by atoms with Crippen molar-refractivity contribution in [1.29, 1.82) is 0 Å². The number of anilines is 2. The lowest BCUT2D eigenvalue weighted by Crippen LogP contribution is -2.46. The molecule has 0 spiro atoms. The second-order valence-corrected chi connectivity index (χ2v) is 7.26. The molecule has 1 heterocycles. The summed E-state index contributed by atoms with van der Waals surface area (Å²) in [4.78, 5) is 39.1. The first kappa shape index (κ1) is 18.3. The fourth-order valence-electron chi connectivity index (χ4n) is 3.25. The van der Waals surface area contributed by atoms with Crippen LogP contribution in [0.4, 0.5) is 11.4 Å². The van der Waals surface area contributed by atoms with Gasteiger partial charge in [-0.3, -0.25) is 19.3 Å². The normalized spacial score (nSPS) is 14.4. The Labute approximate surface area is 160 Å². The highest BCUT2D eigenvalue weighted by molar-refractivity contribution is 9.10. The van der Waals surface area contributed by atoms with Gasteiger partial charge in [0.05, 0.1) is 11.3 Å². The van der Waals surface area contributed by atoms with Crippen LogP contribution in [0, 0.1) is 13.8 Å². The van der Waals surface area contributed by atoms with Crippen molar-refractivity contribution in [2.45, 2.75) is 33.2 Å². The number of hydrogen-bond acceptors (Lipinski definition) is 3. The Morgan fingerprint density at radius 2 is 1.81 bits per heavy atom. The largest absolute Gasteiger partial charge is 0.324 e. The maximum Gasteiger partial charge on any atom is 0.300 e. The first-order valence-corrected chi connectivity index (χ1v) is 9.19. The molecule has 0 bridgehead atoms. The SMILES string of the molecule is CCC(C(=O)Nc1c(C)cccc1C)N1C(=O)C(=O)c2cc(Br)ccc21. The van der Waals surface area contributed by atoms with Gasteiger partial charge in [-0.1, -0.05) is 41.1 Å². The Hall–Kier alpha value is -2.47. The van der Waals surface area contributed by atoms with Gasteiger partial charge >= 0.3 is 0 Å². The quantitative estimate of drug-likeness (QED) is 0.768. The lowest BCUT2D eigenvalue weighted by molar-refractivity contribution is -0.121. The van der Waals surface area contributed by atoms with E-state index in [2.05, 4.69) is 21.2 Å². The number of fused-ring (bicyclic) bond motifs is 1. The number of amides is 2. The maximum absolute atomic E-state index is 12.9. The zero-order valence-electron chi connectivity index (χ0n) is 14.8. The number of benzene rings is 2. The molecule has 0 fully saturated rings. The Kier molecular flexibility index (Phi) is 4.96. The second-order valence-electron chi connectivity index (χ2n) is 6.35. The van der Waals surface area contributed by atoms with Crippen LogP contribution in [0.2, 0.25) is 0 Å². The van der Waals surface area contributed by atoms with Crippen LogP contribution in [0.25, 0.3) is 0 Å². The monoisotopic (exact) mass is 414 g/mol. The number of hydrogen-bond donors (Lipinski definition) is 1. The van der Waals surface area contributed by atoms with E-state index < -0.39 is 17.7 Å². The van der Waals surface area contributed by atoms with Crippen LogP contribution in [0.5, 0.6) is 0 Å². The summed E-state index contributed by atoms with van der Waals surface area (Å²) in [6.45, 7) is 5.66. The van der Waals surface area contributed by atoms with E-state index in [9.17, 15) is 14.4 Å². The average Bonchev–Trinajstić information content (AvgIpc) is 2.84. The van der Waals surface area contributed by atoms with Crippen molar-refractivity contribution < 1.29 is 14.4 Å². The second kappa shape index (κ2) is 7.03. The van der Waals surface area contributed by atoms with Crippen molar-refractivity contribution in [3.63, 3.8) is 0 Å². The lowest BCUT2D eigenvalue weighted by atomic mass is 10.1. The van der Waals surface area contributed by atoms with Crippen molar-refractivity contribution in [3.8, 4) is 0 Å². The van der Waals surface area contributed by atoms with Gasteiger partial charge in [0.2, 0.25) is 5.91 Å². The van der Waals surface area contributed by atoms with Crippen LogP contribution in [0.15, 0.2) is 40.9 Å². The minimum atomic E-state index is -0.757. The van der Waals surface area contributed by atoms with Gasteiger partial charge in [0.25, 0.3) is 11.7 Å². The molecule has 1 aliphatic heterocycles. The Morgan fingerprint density at radius 3 is 2.42 bits per heavy atom. The fraction of sp³-hybridized carbons (Fsp3) is 0.250. The molecule has 134 valence electrons. The summed E-state index contributed by atoms with van der Waals surface area (Å²) in [6, 6.07) is 10.1. The number of rotatable bonds is 4. The summed E-state index contributed by atoms with van der Waals surface area (Å²) in [5.41, 5.74) is 3.43. The molecule has 1 aliphatic rings. The number of ketones is 1. The van der Waals surface area contributed by atoms with Gasteiger partial charge in [-0.2, -0.15) is 0 Å². The number of Topliss-reactive ketones (excluding diaryl/α,β-unsaturated/α-hetero) is 1. The average molecular weight is 415 g/mol. The molecule has 26 heavy (non-hydrogen) atoms. The van der Waals surface area contributed by atoms with Crippen LogP contribution in [-0.4, -0.2) is 23.6 Å². The van der Waals surface area contributed by atoms with Crippen molar-refractivity contribution in [3.05, 3.63) is 57.6 Å². The van der Waals surface area contributed by atoms with E-state index in [4.69, 9.17) is 0 Å². The van der Waals surface area contributed by atoms with Crippen molar-refractivity contribution in [2.24, 2.45) is 0 Å². The molecule has 3 rings (SSSR count). The number of carbonyl (C=O) groups is 3. The van der Waals surface area contributed by atoms with Gasteiger partial charge in [0, 0.05) is 10.2 Å². The molecule has 0 radical (unpaired) electrons. The Balaban J connectivity index is 1.96. The van der Waals surface area contributed by atoms with E-state index in [0.29, 0.717) is 22.1 Å². The van der Waals surface area contributed by atoms with Crippen molar-refractivity contribution in [1.82, 2.24) is 0 Å². The summed E-state index contributed by atoms with van der Waals surface area (Å²) in [7, 11) is 0. The zero-order chi connectivity index (χ0) is 19.0. The van der Waals surface area contributed by atoms with Crippen molar-refractivity contribution >= 4 is 44.9 Å². The van der Waals surface area contributed by atoms with Crippen LogP contribution >= 0.6 is 15.9 Å². The van der Waals surface area contributed by atoms with Crippen molar-refractivity contribution in [2.75, 3.05) is 10.2 Å². The van der Waals surface area contributed by atoms with Gasteiger partial charge in [0.15, 0.2) is 0 Å². The molecule has 1 N–H and O–H groups in total. The first-order chi connectivity index (χ1) is 12.3. The number of aryl methyl sites for hydroxylation is 2. The predicted molar refractivity (Wildman–Crippen MR) is 105 cm³/mol. The van der Waals surface area contributed by atoms with Gasteiger partial charge in [0.1, 0.15) is 6.04 Å². The topological polar surface area (TPSA) is 66.5 Å². The molecule has 2 amide bonds. The summed E-state index contributed by atoms with van der Waals surface area (Å²) < 4.78 is 0.715. The number of nitrogens with zero attached hydrogens (tertiary/aromatic N) is 1. The molecule has 6 heteroatoms. The first-order valence-electron chi connectivity index (χ1n) is 8.39. The van der Waals surface area contributed by atoms with Gasteiger partial charge in [-0.05, 0) is 49.6 Å². The summed E-state index contributed by atoms with van der Waals surface area (Å²) >= 11 is 3.31. The molecule has 0 saturated heterocycles. The minimum Gasteiger partial charge on any atom is -0.324 e. The van der Waals surface area contributed by atoms with Crippen LogP contribution < -0.4 is 10.2 Å². The van der Waals surface area contributed by atoms with Crippen LogP contribution in [0.1, 0.15) is 34.8 Å². The summed E-state index contributed by atoms with van der Waals surface area (Å²) in [6.07, 6.45) is 0.394. The Bertz CT molecular complexity index is 903. The number of carbonyl (C=O) groups excluding carboxylic acids is 3. The smallest absolute Gasteiger partial charge is 0.300 e. The molecule has 2 aromatic rings. The summed E-state index contributed by atoms with van der Waals surface area (Å²) in [5.74, 6) is -1.55. The van der Waals surface area contributed by atoms with E-state index >= 15 is 0 Å². The van der Waals surface area contributed by atoms with E-state index in [1.165, 1.54) is 4.90 Å². The lowest BCUT2D eigenvalue weighted by Gasteiger charge is -2.26. The third-order valence-corrected chi connectivity index (χ3v) is 5.10. The fourth-order valence-corrected chi connectivity index (χ4v) is 3.61. The van der Waals surface area contributed by atoms with E-state index in [-0.39, 0.29) is 5.91 Å². The maximum atomic E-state index is 12.9. The van der Waals surface area contributed by atoms with E-state index in [0.717, 1.165) is 16.8 Å². The van der Waals surface area contributed by atoms with Crippen LogP contribution in [-0.2, 0) is 9.59 Å². The molecule has 1 atom stereocenters. The summed E-state index contributed by atoms with van der Waals surface area (Å²) in [5, 5.41) is 2.93. The van der Waals surface area contributed by atoms with Gasteiger partial charge in [-0.25, -0.2) is 0 Å². The standard InChI is InChI=1S/C20H19BrN2O3/c1-4-15(19(25)22-17-11(2)6-5-7-12(17)3)23-16-9-8-13(21)10-14(16)18(24)20(23)26/h5-10,15H,4H2,1-3H3,(H,22,25). The van der Waals surface area contributed by atoms with Crippen LogP contribution in [0.3, 0.4) is 0 Å². The molecular formula is C20H19BrN2O3. The van der Waals surface area contributed by atoms with Gasteiger partial charge < -0.3 is 5.32 Å². The highest BCUT2D eigenvalue weighted by Gasteiger charge is 2.41. The molecule has 0 aliphatic carbocycles. The number of para-hydroxylation sites is 1. The highest BCUT2D eigenvalue weighted by atomic mass is 79.9. The highest BCUT2D eigenvalue weighted by Crippen LogP contribution is 2.34. The molecule has 2 aromatic carbocycles. The van der Waals surface area contributed by atoms with E-state index in [1.54, 1.807) is 18.2 Å². The molecule has 5 nitrogen and oxygen atoms in total. The minimum absolute atomic E-state index is 0.304. The third-order valence-electron chi connectivity index (χ3n) is 4.61. The molecule has 1 unspecified atom stereocenters. The number of halogens is 1. The molecule has 0 saturated carbocycles. The van der Waals surface area contributed by atoms with Gasteiger partial charge in [-0.15, -0.1) is 0 Å². The third kappa shape index (κ3) is 3.05. The number of nitrogens with one attached hydrogen (secondary N) is 1.